The van der Waals surface area contributed by atoms with Crippen LogP contribution in [0.5, 0.6) is 0 Å². The molecule has 5 N–H and O–H groups in total. The van der Waals surface area contributed by atoms with Crippen LogP contribution in [0.15, 0.2) is 0 Å². The predicted molar refractivity (Wildman–Crippen MR) is 69.9 cm³/mol. The normalized spacial score (nSPS) is 5.43. The fraction of sp³-hybridized carbons (Fsp3) is 0.500. The van der Waals surface area contributed by atoms with E-state index < -0.39 is 29.8 Å². The molecule has 0 amide bonds. The molecule has 0 aliphatic rings. The summed E-state index contributed by atoms with van der Waals surface area (Å²) >= 11 is 0. The van der Waals surface area contributed by atoms with E-state index in [1.807, 2.05) is 0 Å². The molecule has 0 aliphatic heterocycles. The molecule has 0 saturated heterocycles. The number of hydrogen-bond acceptors (Lipinski definition) is 5. The first-order valence-corrected chi connectivity index (χ1v) is 4.64. The minimum absolute atomic E-state index is 0. The van der Waals surface area contributed by atoms with E-state index in [1.54, 1.807) is 0 Å². The molecule has 0 bridgehead atoms. The largest absolute Gasteiger partial charge is 1.00 e. The van der Waals surface area contributed by atoms with Crippen LogP contribution in [-0.4, -0.2) is 55.4 Å². The van der Waals surface area contributed by atoms with Crippen molar-refractivity contribution >= 4 is 29.8 Å². The van der Waals surface area contributed by atoms with Crippen molar-refractivity contribution in [1.29, 1.82) is 0 Å². The maximum Gasteiger partial charge on any atom is 1.00 e. The molecular formula is C10H23Na3O10. The van der Waals surface area contributed by atoms with Crippen LogP contribution in [-0.2, 0) is 24.0 Å². The molecule has 0 aliphatic carbocycles. The third-order valence-electron chi connectivity index (χ3n) is 0. The minimum atomic E-state index is -0.833. The van der Waals surface area contributed by atoms with Crippen molar-refractivity contribution in [2.45, 2.75) is 34.6 Å². The van der Waals surface area contributed by atoms with Crippen molar-refractivity contribution in [2.75, 3.05) is 0 Å². The predicted octanol–water partition coefficient (Wildman–Crippen LogP) is -8.20. The average molecular weight is 372 g/mol. The van der Waals surface area contributed by atoms with Crippen molar-refractivity contribution in [3.05, 3.63) is 0 Å². The Kier molecular flexibility index (Phi) is 93.1. The molecule has 0 unspecified atom stereocenters. The second kappa shape index (κ2) is 43.2. The van der Waals surface area contributed by atoms with E-state index in [9.17, 15) is 0 Å². The van der Waals surface area contributed by atoms with E-state index in [2.05, 4.69) is 0 Å². The summed E-state index contributed by atoms with van der Waals surface area (Å²) in [5.74, 6) is -4.17. The Morgan fingerprint density at radius 2 is 0.435 bits per heavy atom. The van der Waals surface area contributed by atoms with Crippen LogP contribution in [0.3, 0.4) is 0 Å². The minimum Gasteiger partial charge on any atom is -1.00 e. The van der Waals surface area contributed by atoms with E-state index in [4.69, 9.17) is 49.5 Å². The van der Waals surface area contributed by atoms with Crippen LogP contribution >= 0.6 is 0 Å². The summed E-state index contributed by atoms with van der Waals surface area (Å²) in [4.78, 5) is 45.0. The number of carboxylic acid groups (broad SMARTS) is 5. The van der Waals surface area contributed by atoms with Gasteiger partial charge in [-0.2, -0.15) is 0 Å². The second-order valence-electron chi connectivity index (χ2n) is 2.60. The Hall–Kier alpha value is 0.350. The van der Waals surface area contributed by atoms with Crippen LogP contribution in [0.4, 0.5) is 0 Å². The Morgan fingerprint density at radius 3 is 0.435 bits per heavy atom. The van der Waals surface area contributed by atoms with E-state index in [-0.39, 0.29) is 93.0 Å². The van der Waals surface area contributed by atoms with Gasteiger partial charge in [-0.25, -0.2) is 0 Å². The van der Waals surface area contributed by atoms with E-state index in [0.717, 1.165) is 34.6 Å². The third kappa shape index (κ3) is 75600. The number of hydrogen-bond donors (Lipinski definition) is 5. The number of aliphatic carboxylic acids is 5. The topological polar surface area (TPSA) is 186 Å². The van der Waals surface area contributed by atoms with Gasteiger partial charge in [-0.1, -0.05) is 0 Å². The van der Waals surface area contributed by atoms with Crippen LogP contribution in [0, 0.1) is 0 Å². The molecule has 0 rings (SSSR count). The zero-order chi connectivity index (χ0) is 17.9. The van der Waals surface area contributed by atoms with Crippen molar-refractivity contribution in [3.8, 4) is 0 Å². The van der Waals surface area contributed by atoms with Crippen LogP contribution < -0.4 is 88.7 Å². The number of carboxylic acids is 5. The molecule has 13 heteroatoms. The zero-order valence-corrected chi connectivity index (χ0v) is 20.8. The second-order valence-corrected chi connectivity index (χ2v) is 2.60. The monoisotopic (exact) mass is 372 g/mol. The molecule has 0 aromatic rings. The molecule has 23 heavy (non-hydrogen) atoms. The first-order valence-electron chi connectivity index (χ1n) is 4.64. The van der Waals surface area contributed by atoms with Gasteiger partial charge in [0.25, 0.3) is 29.8 Å². The van der Waals surface area contributed by atoms with Gasteiger partial charge in [-0.15, -0.1) is 0 Å². The van der Waals surface area contributed by atoms with Gasteiger partial charge in [0.05, 0.1) is 0 Å². The standard InChI is InChI=1S/5C2H4O2.3Na.3H/c5*1-2(3)4;;;;;;/h5*1H3,(H,3,4);;;;;;/q;;;;;3*+1;3*-1. The van der Waals surface area contributed by atoms with Crippen molar-refractivity contribution < 1.29 is 142 Å². The molecule has 0 spiro atoms. The van der Waals surface area contributed by atoms with Gasteiger partial charge in [0.1, 0.15) is 0 Å². The quantitative estimate of drug-likeness (QED) is 0.256. The fourth-order valence-electron chi connectivity index (χ4n) is 0. The van der Waals surface area contributed by atoms with Crippen molar-refractivity contribution in [1.82, 2.24) is 0 Å². The van der Waals surface area contributed by atoms with Crippen LogP contribution in [0.1, 0.15) is 38.9 Å². The Balaban J connectivity index is -0.0000000114. The van der Waals surface area contributed by atoms with E-state index >= 15 is 0 Å². The summed E-state index contributed by atoms with van der Waals surface area (Å²) in [6.45, 7) is 5.42. The molecule has 126 valence electrons. The van der Waals surface area contributed by atoms with Gasteiger partial charge in [0.2, 0.25) is 0 Å². The Bertz CT molecular complexity index is 231. The maximum atomic E-state index is 9.00. The van der Waals surface area contributed by atoms with Crippen LogP contribution in [0.2, 0.25) is 0 Å². The summed E-state index contributed by atoms with van der Waals surface area (Å²) < 4.78 is 0. The van der Waals surface area contributed by atoms with Crippen molar-refractivity contribution in [2.24, 2.45) is 0 Å². The van der Waals surface area contributed by atoms with Gasteiger partial charge in [0, 0.05) is 34.6 Å². The molecular weight excluding hydrogens is 349 g/mol. The average Bonchev–Trinajstić information content (AvgIpc) is 1.94. The fourth-order valence-corrected chi connectivity index (χ4v) is 0. The Morgan fingerprint density at radius 1 is 0.435 bits per heavy atom. The first-order chi connectivity index (χ1) is 8.66. The van der Waals surface area contributed by atoms with E-state index in [0.29, 0.717) is 0 Å². The molecule has 10 nitrogen and oxygen atoms in total. The van der Waals surface area contributed by atoms with Gasteiger partial charge < -0.3 is 29.8 Å². The molecule has 0 aromatic heterocycles. The SMILES string of the molecule is CC(=O)O.CC(=O)O.CC(=O)O.CC(=O)O.CC(=O)O.[H-].[H-].[H-].[Na+].[Na+].[Na+]. The molecule has 0 atom stereocenters. The molecule has 0 heterocycles. The summed E-state index contributed by atoms with van der Waals surface area (Å²) in [5, 5.41) is 37.1. The van der Waals surface area contributed by atoms with Gasteiger partial charge in [-0.3, -0.25) is 24.0 Å². The summed E-state index contributed by atoms with van der Waals surface area (Å²) in [7, 11) is 0. The number of carbonyl (C=O) groups is 5. The molecule has 0 radical (unpaired) electrons. The smallest absolute Gasteiger partial charge is 1.00 e. The van der Waals surface area contributed by atoms with E-state index in [1.165, 1.54) is 0 Å². The van der Waals surface area contributed by atoms with Gasteiger partial charge in [-0.05, 0) is 0 Å². The molecule has 0 aromatic carbocycles. The number of rotatable bonds is 0. The summed E-state index contributed by atoms with van der Waals surface area (Å²) in [5.41, 5.74) is 0. The molecule has 0 fully saturated rings. The third-order valence-corrected chi connectivity index (χ3v) is 0. The van der Waals surface area contributed by atoms with Gasteiger partial charge in [0.15, 0.2) is 0 Å². The maximum absolute atomic E-state index is 9.00. The first kappa shape index (κ1) is 49.5. The summed E-state index contributed by atoms with van der Waals surface area (Å²) in [6.07, 6.45) is 0. The van der Waals surface area contributed by atoms with Crippen LogP contribution in [0.25, 0.3) is 0 Å². The summed E-state index contributed by atoms with van der Waals surface area (Å²) in [6, 6.07) is 0. The van der Waals surface area contributed by atoms with Crippen molar-refractivity contribution in [3.63, 3.8) is 0 Å². The van der Waals surface area contributed by atoms with Gasteiger partial charge >= 0.3 is 88.7 Å². The Labute approximate surface area is 205 Å². The zero-order valence-electron chi connectivity index (χ0n) is 17.8. The molecule has 0 saturated carbocycles.